The molecule has 1 aromatic rings. The zero-order chi connectivity index (χ0) is 41.5. The number of carbonyl (C=O) groups excluding carboxylic acids is 3. The van der Waals surface area contributed by atoms with Crippen molar-refractivity contribution in [1.29, 1.82) is 5.41 Å². The molecule has 3 amide bonds. The summed E-state index contributed by atoms with van der Waals surface area (Å²) in [6, 6.07) is 7.60. The first-order chi connectivity index (χ1) is 25.7. The highest BCUT2D eigenvalue weighted by molar-refractivity contribution is 5.99. The minimum Gasteiger partial charge on any atom is -0.494 e. The van der Waals surface area contributed by atoms with Crippen LogP contribution in [0.4, 0.5) is 14.4 Å². The summed E-state index contributed by atoms with van der Waals surface area (Å²) >= 11 is 0. The molecule has 0 aliphatic rings. The Hall–Kier alpha value is -3.96. The van der Waals surface area contributed by atoms with Crippen molar-refractivity contribution in [3.05, 3.63) is 29.8 Å². The Bertz CT molecular complexity index is 1370. The fraction of sp³-hybridized carbons (Fsp3) is 0.721. The first-order valence-corrected chi connectivity index (χ1v) is 20.3. The highest BCUT2D eigenvalue weighted by Crippen LogP contribution is 2.17. The van der Waals surface area contributed by atoms with Crippen molar-refractivity contribution in [1.82, 2.24) is 10.2 Å². The topological polar surface area (TPSA) is 152 Å². The van der Waals surface area contributed by atoms with Crippen molar-refractivity contribution in [2.24, 2.45) is 9.98 Å². The molecule has 312 valence electrons. The van der Waals surface area contributed by atoms with E-state index in [0.29, 0.717) is 25.4 Å². The maximum Gasteiger partial charge on any atom is 0.437 e. The maximum absolute atomic E-state index is 13.1. The third-order valence-electron chi connectivity index (χ3n) is 7.93. The van der Waals surface area contributed by atoms with Crippen LogP contribution in [0.25, 0.3) is 0 Å². The monoisotopic (exact) mass is 772 g/mol. The number of benzene rings is 1. The molecule has 0 spiro atoms. The molecule has 2 N–H and O–H groups in total. The van der Waals surface area contributed by atoms with Crippen molar-refractivity contribution in [2.75, 3.05) is 19.7 Å². The number of amides is 3. The van der Waals surface area contributed by atoms with Crippen molar-refractivity contribution >= 4 is 35.7 Å². The van der Waals surface area contributed by atoms with Gasteiger partial charge in [-0.15, -0.1) is 4.99 Å². The molecule has 12 nitrogen and oxygen atoms in total. The van der Waals surface area contributed by atoms with Crippen LogP contribution >= 0.6 is 0 Å². The summed E-state index contributed by atoms with van der Waals surface area (Å²) in [6.45, 7) is 21.6. The lowest BCUT2D eigenvalue weighted by Crippen LogP contribution is -2.48. The predicted molar refractivity (Wildman–Crippen MR) is 223 cm³/mol. The number of unbranched alkanes of at least 4 members (excludes halogenated alkanes) is 9. The van der Waals surface area contributed by atoms with Gasteiger partial charge in [-0.1, -0.05) is 45.4 Å². The Morgan fingerprint density at radius 3 is 1.67 bits per heavy atom. The molecule has 0 aliphatic carbocycles. The summed E-state index contributed by atoms with van der Waals surface area (Å²) < 4.78 is 22.4. The van der Waals surface area contributed by atoms with Crippen LogP contribution in [0.3, 0.4) is 0 Å². The molecule has 0 aliphatic heterocycles. The largest absolute Gasteiger partial charge is 0.494 e. The highest BCUT2D eigenvalue weighted by Gasteiger charge is 2.27. The molecular formula is C43H73N5O7. The minimum absolute atomic E-state index is 0.148. The minimum atomic E-state index is -0.762. The number of hydrogen-bond donors (Lipinski definition) is 2. The van der Waals surface area contributed by atoms with Crippen LogP contribution in [0.15, 0.2) is 34.3 Å². The van der Waals surface area contributed by atoms with Gasteiger partial charge in [-0.3, -0.25) is 0 Å². The van der Waals surface area contributed by atoms with Crippen molar-refractivity contribution in [3.8, 4) is 5.75 Å². The van der Waals surface area contributed by atoms with Gasteiger partial charge in [-0.2, -0.15) is 4.99 Å². The number of nitrogens with zero attached hydrogens (tertiary/aromatic N) is 3. The van der Waals surface area contributed by atoms with Crippen LogP contribution in [0, 0.1) is 5.41 Å². The third-order valence-corrected chi connectivity index (χ3v) is 7.93. The first kappa shape index (κ1) is 49.1. The smallest absolute Gasteiger partial charge is 0.437 e. The van der Waals surface area contributed by atoms with Gasteiger partial charge in [0.05, 0.1) is 6.61 Å². The fourth-order valence-corrected chi connectivity index (χ4v) is 5.27. The van der Waals surface area contributed by atoms with Crippen LogP contribution in [-0.4, -0.2) is 77.1 Å². The summed E-state index contributed by atoms with van der Waals surface area (Å²) in [5.41, 5.74) is 0.307. The van der Waals surface area contributed by atoms with Crippen molar-refractivity contribution < 1.29 is 33.3 Å². The van der Waals surface area contributed by atoms with Gasteiger partial charge in [0.2, 0.25) is 5.96 Å². The van der Waals surface area contributed by atoms with E-state index in [1.54, 1.807) is 48.5 Å². The van der Waals surface area contributed by atoms with E-state index in [1.165, 1.54) is 4.90 Å². The van der Waals surface area contributed by atoms with Gasteiger partial charge >= 0.3 is 18.3 Å². The molecule has 0 saturated heterocycles. The maximum atomic E-state index is 13.1. The van der Waals surface area contributed by atoms with Crippen LogP contribution in [0.2, 0.25) is 0 Å². The molecule has 0 bridgehead atoms. The Kier molecular flexibility index (Phi) is 22.5. The normalized spacial score (nSPS) is 12.6. The molecule has 1 rings (SSSR count). The number of hydrogen-bond acceptors (Lipinski definition) is 8. The van der Waals surface area contributed by atoms with Gasteiger partial charge in [0.15, 0.2) is 0 Å². The molecule has 1 aromatic carbocycles. The molecule has 0 unspecified atom stereocenters. The number of guanidine groups is 1. The fourth-order valence-electron chi connectivity index (χ4n) is 5.27. The van der Waals surface area contributed by atoms with E-state index in [1.807, 2.05) is 52.0 Å². The molecule has 0 saturated carbocycles. The van der Waals surface area contributed by atoms with Gasteiger partial charge in [0.25, 0.3) is 0 Å². The predicted octanol–water partition coefficient (Wildman–Crippen LogP) is 11.4. The lowest BCUT2D eigenvalue weighted by molar-refractivity contribution is 0.0360. The summed E-state index contributed by atoms with van der Waals surface area (Å²) in [5.74, 6) is 0.951. The Balaban J connectivity index is 2.58. The quantitative estimate of drug-likeness (QED) is 0.0542. The Morgan fingerprint density at radius 1 is 0.673 bits per heavy atom. The van der Waals surface area contributed by atoms with E-state index in [9.17, 15) is 14.4 Å². The van der Waals surface area contributed by atoms with Crippen LogP contribution in [0.5, 0.6) is 5.75 Å². The molecule has 0 aromatic heterocycles. The summed E-state index contributed by atoms with van der Waals surface area (Å²) in [5, 5.41) is 10.9. The third kappa shape index (κ3) is 25.7. The van der Waals surface area contributed by atoms with E-state index >= 15 is 0 Å². The molecule has 0 fully saturated rings. The molecule has 0 radical (unpaired) electrons. The molecule has 0 heterocycles. The second-order valence-electron chi connectivity index (χ2n) is 17.0. The first-order valence-electron chi connectivity index (χ1n) is 20.3. The van der Waals surface area contributed by atoms with E-state index in [0.717, 1.165) is 107 Å². The number of ether oxygens (including phenoxy) is 4. The average Bonchev–Trinajstić information content (AvgIpc) is 3.04. The van der Waals surface area contributed by atoms with Crippen LogP contribution < -0.4 is 10.1 Å². The van der Waals surface area contributed by atoms with Crippen LogP contribution in [0.1, 0.15) is 172 Å². The van der Waals surface area contributed by atoms with E-state index in [4.69, 9.17) is 24.4 Å². The molecular weight excluding hydrogens is 699 g/mol. The lowest BCUT2D eigenvalue weighted by Gasteiger charge is -2.28. The van der Waals surface area contributed by atoms with Crippen molar-refractivity contribution in [2.45, 2.75) is 183 Å². The Morgan fingerprint density at radius 2 is 1.16 bits per heavy atom. The SMILES string of the molecule is CCCCN(C(=O)OC(C)(C)C)/C(=N/C(=O)OC(C)(C)C)NCCCCCCCCC/C(CCCCCOc1ccc(C(C)=N)cc1)=N\C(=O)OC(C)(C)C. The van der Waals surface area contributed by atoms with E-state index < -0.39 is 35.1 Å². The summed E-state index contributed by atoms with van der Waals surface area (Å²) in [4.78, 5) is 48.2. The molecule has 55 heavy (non-hydrogen) atoms. The number of rotatable bonds is 21. The van der Waals surface area contributed by atoms with Crippen molar-refractivity contribution in [3.63, 3.8) is 0 Å². The number of aliphatic imine (C=N–C) groups is 2. The number of carbonyl (C=O) groups is 3. The molecule has 12 heteroatoms. The van der Waals surface area contributed by atoms with Gasteiger partial charge < -0.3 is 29.7 Å². The summed E-state index contributed by atoms with van der Waals surface area (Å²) in [6.07, 6.45) is 11.1. The average molecular weight is 772 g/mol. The highest BCUT2D eigenvalue weighted by atomic mass is 16.6. The second-order valence-corrected chi connectivity index (χ2v) is 17.0. The van der Waals surface area contributed by atoms with Gasteiger partial charge in [0.1, 0.15) is 22.6 Å². The van der Waals surface area contributed by atoms with Gasteiger partial charge in [0, 0.05) is 24.5 Å². The summed E-state index contributed by atoms with van der Waals surface area (Å²) in [7, 11) is 0. The van der Waals surface area contributed by atoms with E-state index in [-0.39, 0.29) is 5.96 Å². The second kappa shape index (κ2) is 25.2. The lowest BCUT2D eigenvalue weighted by atomic mass is 10.0. The van der Waals surface area contributed by atoms with E-state index in [2.05, 4.69) is 15.3 Å². The molecule has 0 atom stereocenters. The van der Waals surface area contributed by atoms with Crippen LogP contribution in [-0.2, 0) is 14.2 Å². The van der Waals surface area contributed by atoms with Gasteiger partial charge in [-0.25, -0.2) is 19.3 Å². The zero-order valence-corrected chi connectivity index (χ0v) is 36.0. The Labute approximate surface area is 332 Å². The van der Waals surface area contributed by atoms with Gasteiger partial charge in [-0.05, 0) is 150 Å². The number of nitrogens with one attached hydrogen (secondary N) is 2. The zero-order valence-electron chi connectivity index (χ0n) is 36.0. The standard InChI is InChI=1S/C43H73N5O7/c1-12-13-31-48(40(51)55-43(9,10)11)37(47-39(50)54-42(6,7)8)45-30-22-18-16-14-15-17-20-24-35(46-38(49)53-41(3,4)5)25-21-19-23-32-52-36-28-26-34(27-29-36)33(2)44/h26-29,44H,12-25,30-32H2,1-11H3,(H,45,47,50)/b44-33?,46-35+.